The largest absolute Gasteiger partial charge is 0.341 e. The van der Waals surface area contributed by atoms with Gasteiger partial charge in [-0.3, -0.25) is 9.59 Å². The van der Waals surface area contributed by atoms with Crippen LogP contribution in [0.15, 0.2) is 0 Å². The second kappa shape index (κ2) is 6.48. The third-order valence-corrected chi connectivity index (χ3v) is 2.88. The van der Waals surface area contributed by atoms with E-state index in [0.29, 0.717) is 26.1 Å². The van der Waals surface area contributed by atoms with Gasteiger partial charge >= 0.3 is 0 Å². The first kappa shape index (κ1) is 13.0. The van der Waals surface area contributed by atoms with Crippen LogP contribution in [0.2, 0.25) is 0 Å². The van der Waals surface area contributed by atoms with E-state index >= 15 is 0 Å². The van der Waals surface area contributed by atoms with Crippen LogP contribution in [0.25, 0.3) is 0 Å². The summed E-state index contributed by atoms with van der Waals surface area (Å²) in [7, 11) is 1.84. The zero-order chi connectivity index (χ0) is 12.0. The first-order valence-electron chi connectivity index (χ1n) is 5.83. The van der Waals surface area contributed by atoms with Crippen LogP contribution in [0, 0.1) is 0 Å². The molecule has 1 fully saturated rings. The zero-order valence-corrected chi connectivity index (χ0v) is 10.2. The summed E-state index contributed by atoms with van der Waals surface area (Å²) in [6.07, 6.45) is 1.42. The van der Waals surface area contributed by atoms with Crippen molar-refractivity contribution in [3.05, 3.63) is 0 Å². The number of rotatable bonds is 3. The van der Waals surface area contributed by atoms with Crippen molar-refractivity contribution in [1.82, 2.24) is 15.1 Å². The lowest BCUT2D eigenvalue weighted by molar-refractivity contribution is -0.132. The van der Waals surface area contributed by atoms with E-state index < -0.39 is 0 Å². The third-order valence-electron chi connectivity index (χ3n) is 2.88. The Labute approximate surface area is 96.8 Å². The summed E-state index contributed by atoms with van der Waals surface area (Å²) in [6.45, 7) is 5.17. The highest BCUT2D eigenvalue weighted by Crippen LogP contribution is 2.04. The standard InChI is InChI=1S/C11H21N3O2/c1-10(15)13-6-3-7-14(9-8-13)11(16)4-5-12-2/h12H,3-9H2,1-2H3. The van der Waals surface area contributed by atoms with E-state index in [2.05, 4.69) is 5.32 Å². The molecular weight excluding hydrogens is 206 g/mol. The van der Waals surface area contributed by atoms with Crippen molar-refractivity contribution in [1.29, 1.82) is 0 Å². The van der Waals surface area contributed by atoms with Gasteiger partial charge in [0.15, 0.2) is 0 Å². The average molecular weight is 227 g/mol. The molecule has 0 atom stereocenters. The molecule has 0 saturated carbocycles. The quantitative estimate of drug-likeness (QED) is 0.719. The van der Waals surface area contributed by atoms with Gasteiger partial charge in [0.05, 0.1) is 0 Å². The Bertz CT molecular complexity index is 256. The second-order valence-electron chi connectivity index (χ2n) is 4.09. The van der Waals surface area contributed by atoms with E-state index in [1.165, 1.54) is 0 Å². The van der Waals surface area contributed by atoms with Gasteiger partial charge in [0.2, 0.25) is 11.8 Å². The summed E-state index contributed by atoms with van der Waals surface area (Å²) in [4.78, 5) is 26.7. The molecule has 0 unspecified atom stereocenters. The Morgan fingerprint density at radius 1 is 1.12 bits per heavy atom. The van der Waals surface area contributed by atoms with Gasteiger partial charge in [0.1, 0.15) is 0 Å². The van der Waals surface area contributed by atoms with Crippen molar-refractivity contribution in [3.8, 4) is 0 Å². The predicted octanol–water partition coefficient (Wildman–Crippen LogP) is -0.323. The number of hydrogen-bond donors (Lipinski definition) is 1. The Morgan fingerprint density at radius 3 is 2.38 bits per heavy atom. The van der Waals surface area contributed by atoms with Crippen LogP contribution < -0.4 is 5.32 Å². The highest BCUT2D eigenvalue weighted by Gasteiger charge is 2.19. The smallest absolute Gasteiger partial charge is 0.223 e. The van der Waals surface area contributed by atoms with Crippen LogP contribution in [0.1, 0.15) is 19.8 Å². The van der Waals surface area contributed by atoms with E-state index in [1.54, 1.807) is 6.92 Å². The number of amides is 2. The lowest BCUT2D eigenvalue weighted by Gasteiger charge is -2.21. The van der Waals surface area contributed by atoms with Gasteiger partial charge in [0, 0.05) is 46.1 Å². The van der Waals surface area contributed by atoms with Gasteiger partial charge < -0.3 is 15.1 Å². The van der Waals surface area contributed by atoms with Crippen LogP contribution >= 0.6 is 0 Å². The van der Waals surface area contributed by atoms with E-state index in [-0.39, 0.29) is 11.8 Å². The molecule has 1 rings (SSSR count). The summed E-state index contributed by atoms with van der Waals surface area (Å²) < 4.78 is 0. The van der Waals surface area contributed by atoms with Gasteiger partial charge in [-0.25, -0.2) is 0 Å². The second-order valence-corrected chi connectivity index (χ2v) is 4.09. The minimum absolute atomic E-state index is 0.101. The Morgan fingerprint density at radius 2 is 1.75 bits per heavy atom. The molecule has 5 nitrogen and oxygen atoms in total. The van der Waals surface area contributed by atoms with Gasteiger partial charge in [0.25, 0.3) is 0 Å². The summed E-state index contributed by atoms with van der Waals surface area (Å²) in [6, 6.07) is 0. The Hall–Kier alpha value is -1.10. The van der Waals surface area contributed by atoms with Crippen LogP contribution in [-0.4, -0.2) is 61.4 Å². The molecule has 0 aromatic heterocycles. The van der Waals surface area contributed by atoms with E-state index in [4.69, 9.17) is 0 Å². The van der Waals surface area contributed by atoms with Gasteiger partial charge in [-0.05, 0) is 13.5 Å². The van der Waals surface area contributed by atoms with Crippen LogP contribution in [0.3, 0.4) is 0 Å². The molecule has 0 bridgehead atoms. The summed E-state index contributed by atoms with van der Waals surface area (Å²) in [5.74, 6) is 0.282. The van der Waals surface area contributed by atoms with E-state index in [9.17, 15) is 9.59 Å². The molecule has 0 spiro atoms. The van der Waals surface area contributed by atoms with Crippen LogP contribution in [-0.2, 0) is 9.59 Å². The van der Waals surface area contributed by atoms with Gasteiger partial charge in [-0.15, -0.1) is 0 Å². The van der Waals surface area contributed by atoms with Crippen molar-refractivity contribution in [2.75, 3.05) is 39.8 Å². The highest BCUT2D eigenvalue weighted by atomic mass is 16.2. The molecule has 5 heteroatoms. The first-order chi connectivity index (χ1) is 7.65. The first-order valence-corrected chi connectivity index (χ1v) is 5.83. The molecule has 16 heavy (non-hydrogen) atoms. The summed E-state index contributed by atoms with van der Waals surface area (Å²) in [5, 5.41) is 2.97. The number of nitrogens with zero attached hydrogens (tertiary/aromatic N) is 2. The van der Waals surface area contributed by atoms with Crippen molar-refractivity contribution < 1.29 is 9.59 Å². The van der Waals surface area contributed by atoms with E-state index in [0.717, 1.165) is 19.5 Å². The molecule has 1 heterocycles. The minimum Gasteiger partial charge on any atom is -0.341 e. The molecular formula is C11H21N3O2. The number of hydrogen-bond acceptors (Lipinski definition) is 3. The molecule has 92 valence electrons. The fourth-order valence-corrected chi connectivity index (χ4v) is 1.87. The molecule has 1 aliphatic heterocycles. The minimum atomic E-state index is 0.101. The monoisotopic (exact) mass is 227 g/mol. The lowest BCUT2D eigenvalue weighted by Crippen LogP contribution is -2.37. The lowest BCUT2D eigenvalue weighted by atomic mass is 10.3. The summed E-state index contributed by atoms with van der Waals surface area (Å²) in [5.41, 5.74) is 0. The third kappa shape index (κ3) is 3.81. The number of carbonyl (C=O) groups excluding carboxylic acids is 2. The molecule has 0 aliphatic carbocycles. The maximum Gasteiger partial charge on any atom is 0.223 e. The number of carbonyl (C=O) groups is 2. The van der Waals surface area contributed by atoms with Crippen molar-refractivity contribution >= 4 is 11.8 Å². The molecule has 2 amide bonds. The fraction of sp³-hybridized carbons (Fsp3) is 0.818. The molecule has 1 saturated heterocycles. The highest BCUT2D eigenvalue weighted by molar-refractivity contribution is 5.77. The van der Waals surface area contributed by atoms with Crippen LogP contribution in [0.4, 0.5) is 0 Å². The summed E-state index contributed by atoms with van der Waals surface area (Å²) >= 11 is 0. The topological polar surface area (TPSA) is 52.7 Å². The molecule has 1 aliphatic rings. The zero-order valence-electron chi connectivity index (χ0n) is 10.2. The Kier molecular flexibility index (Phi) is 5.25. The van der Waals surface area contributed by atoms with Crippen molar-refractivity contribution in [3.63, 3.8) is 0 Å². The predicted molar refractivity (Wildman–Crippen MR) is 62.0 cm³/mol. The fourth-order valence-electron chi connectivity index (χ4n) is 1.87. The van der Waals surface area contributed by atoms with E-state index in [1.807, 2.05) is 16.8 Å². The average Bonchev–Trinajstić information content (AvgIpc) is 2.51. The van der Waals surface area contributed by atoms with Gasteiger partial charge in [-0.1, -0.05) is 0 Å². The maximum absolute atomic E-state index is 11.8. The normalized spacial score (nSPS) is 17.1. The molecule has 0 aromatic rings. The molecule has 0 radical (unpaired) electrons. The molecule has 1 N–H and O–H groups in total. The van der Waals surface area contributed by atoms with Crippen molar-refractivity contribution in [2.24, 2.45) is 0 Å². The SMILES string of the molecule is CNCCC(=O)N1CCCN(C(C)=O)CC1. The van der Waals surface area contributed by atoms with Crippen LogP contribution in [0.5, 0.6) is 0 Å². The Balaban J connectivity index is 2.40. The van der Waals surface area contributed by atoms with Gasteiger partial charge in [-0.2, -0.15) is 0 Å². The maximum atomic E-state index is 11.8. The number of nitrogens with one attached hydrogen (secondary N) is 1. The van der Waals surface area contributed by atoms with Crippen molar-refractivity contribution in [2.45, 2.75) is 19.8 Å². The molecule has 0 aromatic carbocycles.